The van der Waals surface area contributed by atoms with Crippen molar-refractivity contribution in [3.63, 3.8) is 0 Å². The molecule has 0 aliphatic carbocycles. The SMILES string of the molecule is CC(NC(=O)c1ccc2c(Oc3ccc(C(F)(F)F)cc3)cccc2c1)c1n[nH][nH]1. The first-order valence-electron chi connectivity index (χ1n) is 9.08. The lowest BCUT2D eigenvalue weighted by Gasteiger charge is -2.15. The second-order valence-electron chi connectivity index (χ2n) is 6.75. The van der Waals surface area contributed by atoms with Crippen LogP contribution in [0.15, 0.2) is 60.7 Å². The maximum absolute atomic E-state index is 12.7. The van der Waals surface area contributed by atoms with Crippen LogP contribution in [0.4, 0.5) is 13.2 Å². The minimum absolute atomic E-state index is 0.255. The second kappa shape index (κ2) is 7.58. The smallest absolute Gasteiger partial charge is 0.416 e. The van der Waals surface area contributed by atoms with Gasteiger partial charge in [0.15, 0.2) is 5.82 Å². The standard InChI is InChI=1S/C21H17F3N4O2/c1-12(19-26-28-27-19)25-20(29)14-5-10-17-13(11-14)3-2-4-18(17)30-16-8-6-15(7-9-16)21(22,23)24/h2-12,28H,1H3,(H,25,29)(H,26,27). The number of nitrogens with one attached hydrogen (secondary N) is 3. The van der Waals surface area contributed by atoms with Crippen LogP contribution in [0.3, 0.4) is 0 Å². The van der Waals surface area contributed by atoms with E-state index in [-0.39, 0.29) is 17.7 Å². The molecule has 1 unspecified atom stereocenters. The molecule has 4 aromatic rings. The molecule has 9 heteroatoms. The van der Waals surface area contributed by atoms with Gasteiger partial charge in [0.2, 0.25) is 0 Å². The third kappa shape index (κ3) is 4.00. The third-order valence-electron chi connectivity index (χ3n) is 4.63. The normalized spacial score (nSPS) is 12.7. The summed E-state index contributed by atoms with van der Waals surface area (Å²) in [7, 11) is 0. The van der Waals surface area contributed by atoms with Gasteiger partial charge in [-0.25, -0.2) is 5.21 Å². The van der Waals surface area contributed by atoms with Gasteiger partial charge in [-0.05, 0) is 60.8 Å². The Bertz CT molecular complexity index is 1170. The van der Waals surface area contributed by atoms with Crippen LogP contribution in [-0.2, 0) is 6.18 Å². The number of rotatable bonds is 5. The third-order valence-corrected chi connectivity index (χ3v) is 4.63. The summed E-state index contributed by atoms with van der Waals surface area (Å²) in [6.07, 6.45) is -4.40. The van der Waals surface area contributed by atoms with Crippen molar-refractivity contribution in [2.24, 2.45) is 0 Å². The molecule has 0 fully saturated rings. The molecule has 1 heterocycles. The van der Waals surface area contributed by atoms with Gasteiger partial charge < -0.3 is 10.1 Å². The number of aromatic nitrogens is 3. The summed E-state index contributed by atoms with van der Waals surface area (Å²) in [6.45, 7) is 1.81. The molecule has 6 nitrogen and oxygen atoms in total. The second-order valence-corrected chi connectivity index (χ2v) is 6.75. The van der Waals surface area contributed by atoms with E-state index < -0.39 is 11.7 Å². The molecule has 0 aliphatic rings. The zero-order valence-electron chi connectivity index (χ0n) is 15.7. The fourth-order valence-electron chi connectivity index (χ4n) is 3.00. The molecule has 0 spiro atoms. The number of aromatic amines is 2. The number of H-pyrrole nitrogens is 2. The molecule has 3 aromatic carbocycles. The fraction of sp³-hybridized carbons (Fsp3) is 0.143. The minimum atomic E-state index is -4.40. The predicted molar refractivity (Wildman–Crippen MR) is 104 cm³/mol. The van der Waals surface area contributed by atoms with E-state index in [9.17, 15) is 18.0 Å². The van der Waals surface area contributed by atoms with Crippen LogP contribution in [-0.4, -0.2) is 21.3 Å². The van der Waals surface area contributed by atoms with Gasteiger partial charge in [-0.15, -0.1) is 5.10 Å². The Balaban J connectivity index is 1.55. The quantitative estimate of drug-likeness (QED) is 0.420. The van der Waals surface area contributed by atoms with Crippen molar-refractivity contribution in [3.05, 3.63) is 77.6 Å². The first kappa shape index (κ1) is 19.6. The van der Waals surface area contributed by atoms with E-state index in [0.29, 0.717) is 17.1 Å². The molecule has 30 heavy (non-hydrogen) atoms. The van der Waals surface area contributed by atoms with Crippen molar-refractivity contribution in [1.82, 2.24) is 20.7 Å². The Kier molecular flexibility index (Phi) is 4.94. The highest BCUT2D eigenvalue weighted by atomic mass is 19.4. The van der Waals surface area contributed by atoms with Gasteiger partial charge in [0.1, 0.15) is 11.5 Å². The molecule has 154 valence electrons. The number of hydrogen-bond donors (Lipinski definition) is 3. The van der Waals surface area contributed by atoms with Crippen LogP contribution in [0.25, 0.3) is 10.8 Å². The van der Waals surface area contributed by atoms with Crippen LogP contribution in [0.2, 0.25) is 0 Å². The van der Waals surface area contributed by atoms with Crippen LogP contribution >= 0.6 is 0 Å². The molecule has 3 N–H and O–H groups in total. The highest BCUT2D eigenvalue weighted by Gasteiger charge is 2.30. The Labute approximate surface area is 169 Å². The Morgan fingerprint density at radius 3 is 2.47 bits per heavy atom. The number of ether oxygens (including phenoxy) is 1. The van der Waals surface area contributed by atoms with E-state index in [2.05, 4.69) is 20.7 Å². The van der Waals surface area contributed by atoms with Gasteiger partial charge in [-0.3, -0.25) is 9.89 Å². The molecule has 1 atom stereocenters. The van der Waals surface area contributed by atoms with Gasteiger partial charge in [0.05, 0.1) is 11.6 Å². The first-order valence-corrected chi connectivity index (χ1v) is 9.08. The number of halogens is 3. The van der Waals surface area contributed by atoms with Crippen molar-refractivity contribution in [2.45, 2.75) is 19.1 Å². The Hall–Kier alpha value is -3.75. The Morgan fingerprint density at radius 1 is 1.10 bits per heavy atom. The number of nitrogens with zero attached hydrogens (tertiary/aromatic N) is 1. The van der Waals surface area contributed by atoms with Crippen molar-refractivity contribution in [2.75, 3.05) is 0 Å². The molecule has 0 bridgehead atoms. The average molecular weight is 414 g/mol. The molecule has 0 saturated heterocycles. The van der Waals surface area contributed by atoms with Gasteiger partial charge in [-0.2, -0.15) is 13.2 Å². The predicted octanol–water partition coefficient (Wildman–Crippen LogP) is 5.19. The van der Waals surface area contributed by atoms with Crippen LogP contribution in [0.5, 0.6) is 11.5 Å². The topological polar surface area (TPSA) is 82.8 Å². The zero-order valence-corrected chi connectivity index (χ0v) is 15.7. The van der Waals surface area contributed by atoms with E-state index in [0.717, 1.165) is 22.9 Å². The molecular weight excluding hydrogens is 397 g/mol. The molecule has 0 aliphatic heterocycles. The van der Waals surface area contributed by atoms with Gasteiger partial charge in [0, 0.05) is 10.9 Å². The number of benzene rings is 3. The van der Waals surface area contributed by atoms with Gasteiger partial charge in [0.25, 0.3) is 5.91 Å². The van der Waals surface area contributed by atoms with Crippen LogP contribution < -0.4 is 10.1 Å². The highest BCUT2D eigenvalue weighted by molar-refractivity contribution is 6.00. The summed E-state index contributed by atoms with van der Waals surface area (Å²) in [5.74, 6) is 1.14. The number of hydrogen-bond acceptors (Lipinski definition) is 3. The van der Waals surface area contributed by atoms with E-state index in [4.69, 9.17) is 4.74 Å². The maximum atomic E-state index is 12.7. The average Bonchev–Trinajstić information content (AvgIpc) is 2.66. The van der Waals surface area contributed by atoms with E-state index in [1.54, 1.807) is 30.3 Å². The minimum Gasteiger partial charge on any atom is -0.457 e. The molecule has 4 rings (SSSR count). The van der Waals surface area contributed by atoms with E-state index in [1.165, 1.54) is 12.1 Å². The number of alkyl halides is 3. The number of carbonyl (C=O) groups is 1. The largest absolute Gasteiger partial charge is 0.457 e. The number of fused-ring (bicyclic) bond motifs is 1. The molecule has 0 radical (unpaired) electrons. The summed E-state index contributed by atoms with van der Waals surface area (Å²) in [6, 6.07) is 14.7. The Morgan fingerprint density at radius 2 is 1.83 bits per heavy atom. The summed E-state index contributed by atoms with van der Waals surface area (Å²) in [5, 5.41) is 13.5. The van der Waals surface area contributed by atoms with Crippen molar-refractivity contribution in [1.29, 1.82) is 0 Å². The molecule has 1 amide bonds. The van der Waals surface area contributed by atoms with Gasteiger partial charge >= 0.3 is 6.18 Å². The van der Waals surface area contributed by atoms with Crippen molar-refractivity contribution < 1.29 is 22.7 Å². The summed E-state index contributed by atoms with van der Waals surface area (Å²) in [4.78, 5) is 12.5. The monoisotopic (exact) mass is 414 g/mol. The summed E-state index contributed by atoms with van der Waals surface area (Å²) in [5.41, 5.74) is -0.273. The highest BCUT2D eigenvalue weighted by Crippen LogP contribution is 2.33. The van der Waals surface area contributed by atoms with E-state index in [1.807, 2.05) is 13.0 Å². The molecular formula is C21H17F3N4O2. The van der Waals surface area contributed by atoms with Crippen LogP contribution in [0.1, 0.15) is 34.7 Å². The maximum Gasteiger partial charge on any atom is 0.416 e. The van der Waals surface area contributed by atoms with Crippen molar-refractivity contribution >= 4 is 16.7 Å². The van der Waals surface area contributed by atoms with Crippen molar-refractivity contribution in [3.8, 4) is 11.5 Å². The number of carbonyl (C=O) groups excluding carboxylic acids is 1. The fourth-order valence-corrected chi connectivity index (χ4v) is 3.00. The zero-order chi connectivity index (χ0) is 21.3. The molecule has 1 aromatic heterocycles. The number of amides is 1. The lowest BCUT2D eigenvalue weighted by atomic mass is 10.1. The lowest BCUT2D eigenvalue weighted by Crippen LogP contribution is -2.29. The van der Waals surface area contributed by atoms with Gasteiger partial charge in [-0.1, -0.05) is 12.1 Å². The summed E-state index contributed by atoms with van der Waals surface area (Å²) < 4.78 is 43.9. The van der Waals surface area contributed by atoms with Crippen LogP contribution in [0, 0.1) is 0 Å². The lowest BCUT2D eigenvalue weighted by molar-refractivity contribution is -0.137. The summed E-state index contributed by atoms with van der Waals surface area (Å²) >= 11 is 0. The molecule has 0 saturated carbocycles. The van der Waals surface area contributed by atoms with E-state index >= 15 is 0 Å². The first-order chi connectivity index (χ1) is 14.3.